The maximum Gasteiger partial charge on any atom is 0.0515 e. The van der Waals surface area contributed by atoms with Gasteiger partial charge in [0.15, 0.2) is 0 Å². The molecule has 0 radical (unpaired) electrons. The highest BCUT2D eigenvalue weighted by molar-refractivity contribution is 5.78. The third-order valence-corrected chi connectivity index (χ3v) is 5.07. The summed E-state index contributed by atoms with van der Waals surface area (Å²) in [5, 5.41) is 3.62. The van der Waals surface area contributed by atoms with Gasteiger partial charge in [0.1, 0.15) is 0 Å². The topological polar surface area (TPSA) is 12.0 Å². The van der Waals surface area contributed by atoms with Crippen molar-refractivity contribution < 1.29 is 0 Å². The molecular weight excluding hydrogens is 278 g/mol. The van der Waals surface area contributed by atoms with Crippen molar-refractivity contribution in [3.05, 3.63) is 95.6 Å². The predicted octanol–water partition coefficient (Wildman–Crippen LogP) is 5.73. The second kappa shape index (κ2) is 5.27. The van der Waals surface area contributed by atoms with Gasteiger partial charge in [0.25, 0.3) is 0 Å². The van der Waals surface area contributed by atoms with Crippen molar-refractivity contribution in [3.8, 4) is 0 Å². The van der Waals surface area contributed by atoms with Crippen molar-refractivity contribution in [3.63, 3.8) is 0 Å². The van der Waals surface area contributed by atoms with E-state index in [1.165, 1.54) is 28.1 Å². The van der Waals surface area contributed by atoms with Crippen LogP contribution < -0.4 is 5.32 Å². The molecule has 0 unspecified atom stereocenters. The van der Waals surface area contributed by atoms with Gasteiger partial charge in [-0.05, 0) is 34.7 Å². The number of benzene rings is 3. The lowest BCUT2D eigenvalue weighted by atomic mass is 9.61. The van der Waals surface area contributed by atoms with Crippen molar-refractivity contribution in [1.82, 2.24) is 0 Å². The van der Waals surface area contributed by atoms with Crippen molar-refractivity contribution in [2.24, 2.45) is 5.92 Å². The number of rotatable bonds is 2. The van der Waals surface area contributed by atoms with Crippen LogP contribution in [-0.2, 0) is 5.41 Å². The summed E-state index contributed by atoms with van der Waals surface area (Å²) in [6, 6.07) is 28.3. The Morgan fingerprint density at radius 2 is 1.13 bits per heavy atom. The average Bonchev–Trinajstić information content (AvgIpc) is 2.60. The first-order valence-corrected chi connectivity index (χ1v) is 8.26. The van der Waals surface area contributed by atoms with Crippen LogP contribution in [0.4, 0.5) is 11.4 Å². The van der Waals surface area contributed by atoms with E-state index in [9.17, 15) is 0 Å². The molecule has 1 heterocycles. The third kappa shape index (κ3) is 1.93. The smallest absolute Gasteiger partial charge is 0.0515 e. The third-order valence-electron chi connectivity index (χ3n) is 5.07. The molecule has 4 rings (SSSR count). The molecule has 0 amide bonds. The Bertz CT molecular complexity index is 788. The minimum atomic E-state index is -0.125. The summed E-state index contributed by atoms with van der Waals surface area (Å²) in [6.45, 7) is 4.65. The summed E-state index contributed by atoms with van der Waals surface area (Å²) < 4.78 is 0. The Hall–Kier alpha value is -2.54. The SMILES string of the molecule is CC(C)C1(c2ccccc2)c2ccccc2Nc2ccccc21. The fourth-order valence-electron chi connectivity index (χ4n) is 4.13. The average molecular weight is 299 g/mol. The molecule has 1 aliphatic rings. The fraction of sp³-hybridized carbons (Fsp3) is 0.182. The van der Waals surface area contributed by atoms with E-state index in [0.29, 0.717) is 5.92 Å². The molecule has 0 bridgehead atoms. The molecule has 0 spiro atoms. The molecule has 0 atom stereocenters. The highest BCUT2D eigenvalue weighted by Crippen LogP contribution is 2.53. The molecule has 23 heavy (non-hydrogen) atoms. The van der Waals surface area contributed by atoms with E-state index in [4.69, 9.17) is 0 Å². The zero-order valence-corrected chi connectivity index (χ0v) is 13.6. The van der Waals surface area contributed by atoms with E-state index in [1.807, 2.05) is 0 Å². The summed E-state index contributed by atoms with van der Waals surface area (Å²) in [7, 11) is 0. The van der Waals surface area contributed by atoms with Gasteiger partial charge in [0, 0.05) is 11.4 Å². The first-order chi connectivity index (χ1) is 11.2. The van der Waals surface area contributed by atoms with Gasteiger partial charge >= 0.3 is 0 Å². The van der Waals surface area contributed by atoms with Crippen LogP contribution in [0.15, 0.2) is 78.9 Å². The van der Waals surface area contributed by atoms with Crippen molar-refractivity contribution >= 4 is 11.4 Å². The van der Waals surface area contributed by atoms with E-state index in [1.54, 1.807) is 0 Å². The van der Waals surface area contributed by atoms with Crippen LogP contribution in [0.5, 0.6) is 0 Å². The number of hydrogen-bond donors (Lipinski definition) is 1. The summed E-state index contributed by atoms with van der Waals surface area (Å²) >= 11 is 0. The first kappa shape index (κ1) is 14.1. The first-order valence-electron chi connectivity index (χ1n) is 8.26. The molecule has 3 aromatic rings. The van der Waals surface area contributed by atoms with E-state index in [2.05, 4.69) is 98.0 Å². The number of anilines is 2. The summed E-state index contributed by atoms with van der Waals surface area (Å²) in [5.41, 5.74) is 6.38. The zero-order valence-electron chi connectivity index (χ0n) is 13.6. The van der Waals surface area contributed by atoms with Crippen molar-refractivity contribution in [2.45, 2.75) is 19.3 Å². The zero-order chi connectivity index (χ0) is 15.9. The van der Waals surface area contributed by atoms with Crippen LogP contribution in [-0.4, -0.2) is 0 Å². The maximum absolute atomic E-state index is 3.62. The standard InChI is InChI=1S/C22H21N/c1-16(2)22(17-10-4-3-5-11-17)18-12-6-8-14-20(18)23-21-15-9-7-13-19(21)22/h3-16,23H,1-2H3. The molecule has 0 fully saturated rings. The number of nitrogens with one attached hydrogen (secondary N) is 1. The van der Waals surface area contributed by atoms with Crippen LogP contribution in [0.2, 0.25) is 0 Å². The molecule has 3 aromatic carbocycles. The van der Waals surface area contributed by atoms with Crippen LogP contribution in [0.3, 0.4) is 0 Å². The molecule has 0 saturated carbocycles. The van der Waals surface area contributed by atoms with Gasteiger partial charge in [-0.25, -0.2) is 0 Å². The van der Waals surface area contributed by atoms with E-state index in [0.717, 1.165) is 0 Å². The lowest BCUT2D eigenvalue weighted by Gasteiger charge is -2.45. The minimum Gasteiger partial charge on any atom is -0.355 e. The molecule has 1 nitrogen and oxygen atoms in total. The monoisotopic (exact) mass is 299 g/mol. The highest BCUT2D eigenvalue weighted by atomic mass is 14.9. The minimum absolute atomic E-state index is 0.125. The lowest BCUT2D eigenvalue weighted by Crippen LogP contribution is -2.38. The number of fused-ring (bicyclic) bond motifs is 2. The molecule has 0 saturated heterocycles. The quantitative estimate of drug-likeness (QED) is 0.637. The number of para-hydroxylation sites is 2. The van der Waals surface area contributed by atoms with Gasteiger partial charge in [-0.1, -0.05) is 80.6 Å². The maximum atomic E-state index is 3.62. The Kier molecular flexibility index (Phi) is 3.23. The van der Waals surface area contributed by atoms with Gasteiger partial charge in [0.05, 0.1) is 5.41 Å². The van der Waals surface area contributed by atoms with Crippen LogP contribution >= 0.6 is 0 Å². The molecule has 114 valence electrons. The lowest BCUT2D eigenvalue weighted by molar-refractivity contribution is 0.437. The van der Waals surface area contributed by atoms with E-state index in [-0.39, 0.29) is 5.41 Å². The van der Waals surface area contributed by atoms with Gasteiger partial charge in [0.2, 0.25) is 0 Å². The molecule has 1 heteroatoms. The van der Waals surface area contributed by atoms with Crippen molar-refractivity contribution in [2.75, 3.05) is 5.32 Å². The van der Waals surface area contributed by atoms with Gasteiger partial charge in [-0.15, -0.1) is 0 Å². The van der Waals surface area contributed by atoms with Crippen molar-refractivity contribution in [1.29, 1.82) is 0 Å². The highest BCUT2D eigenvalue weighted by Gasteiger charge is 2.44. The van der Waals surface area contributed by atoms with E-state index >= 15 is 0 Å². The second-order valence-electron chi connectivity index (χ2n) is 6.54. The van der Waals surface area contributed by atoms with Gasteiger partial charge in [-0.3, -0.25) is 0 Å². The van der Waals surface area contributed by atoms with Crippen LogP contribution in [0.1, 0.15) is 30.5 Å². The Balaban J connectivity index is 2.13. The predicted molar refractivity (Wildman–Crippen MR) is 97.3 cm³/mol. The second-order valence-corrected chi connectivity index (χ2v) is 6.54. The summed E-state index contributed by atoms with van der Waals surface area (Å²) in [5.74, 6) is 0.439. The Labute approximate surface area is 138 Å². The number of hydrogen-bond acceptors (Lipinski definition) is 1. The fourth-order valence-corrected chi connectivity index (χ4v) is 4.13. The molecule has 1 aliphatic heterocycles. The van der Waals surface area contributed by atoms with E-state index < -0.39 is 0 Å². The Morgan fingerprint density at radius 1 is 0.652 bits per heavy atom. The molecule has 0 aliphatic carbocycles. The van der Waals surface area contributed by atoms with Crippen LogP contribution in [0.25, 0.3) is 0 Å². The molecular formula is C22H21N. The molecule has 1 N–H and O–H groups in total. The largest absolute Gasteiger partial charge is 0.355 e. The normalized spacial score (nSPS) is 14.7. The van der Waals surface area contributed by atoms with Gasteiger partial charge in [-0.2, -0.15) is 0 Å². The summed E-state index contributed by atoms with van der Waals surface area (Å²) in [6.07, 6.45) is 0. The Morgan fingerprint density at radius 3 is 1.65 bits per heavy atom. The van der Waals surface area contributed by atoms with Gasteiger partial charge < -0.3 is 5.32 Å². The molecule has 0 aromatic heterocycles. The van der Waals surface area contributed by atoms with Crippen LogP contribution in [0, 0.1) is 5.92 Å². The summed E-state index contributed by atoms with van der Waals surface area (Å²) in [4.78, 5) is 0.